The number of benzene rings is 1. The first-order chi connectivity index (χ1) is 8.58. The third-order valence-electron chi connectivity index (χ3n) is 3.36. The van der Waals surface area contributed by atoms with Crippen molar-refractivity contribution in [1.29, 1.82) is 0 Å². The van der Waals surface area contributed by atoms with E-state index in [4.69, 9.17) is 0 Å². The van der Waals surface area contributed by atoms with Crippen LogP contribution in [-0.4, -0.2) is 23.2 Å². The fourth-order valence-electron chi connectivity index (χ4n) is 1.87. The van der Waals surface area contributed by atoms with E-state index in [9.17, 15) is 15.2 Å². The third kappa shape index (κ3) is 2.88. The second-order valence-corrected chi connectivity index (χ2v) is 5.56. The molecule has 1 fully saturated rings. The minimum absolute atomic E-state index is 0.0488. The Morgan fingerprint density at radius 2 is 2.22 bits per heavy atom. The van der Waals surface area contributed by atoms with E-state index >= 15 is 0 Å². The van der Waals surface area contributed by atoms with Crippen molar-refractivity contribution >= 4 is 21.6 Å². The van der Waals surface area contributed by atoms with Crippen LogP contribution in [0.2, 0.25) is 0 Å². The summed E-state index contributed by atoms with van der Waals surface area (Å²) in [6.45, 7) is 1.51. The highest BCUT2D eigenvalue weighted by atomic mass is 79.9. The van der Waals surface area contributed by atoms with E-state index < -0.39 is 4.92 Å². The standard InChI is InChI=1S/C12H15BrN2O3/c13-11-9(2-1-3-10(11)15(17)18)6-14-7-12(8-16)4-5-12/h1-3,14,16H,4-8H2. The smallest absolute Gasteiger partial charge is 0.283 e. The van der Waals surface area contributed by atoms with Crippen molar-refractivity contribution in [3.05, 3.63) is 38.3 Å². The van der Waals surface area contributed by atoms with E-state index in [0.717, 1.165) is 24.9 Å². The minimum Gasteiger partial charge on any atom is -0.396 e. The molecule has 2 N–H and O–H groups in total. The molecule has 5 nitrogen and oxygen atoms in total. The molecule has 1 aliphatic rings. The molecule has 0 saturated heterocycles. The van der Waals surface area contributed by atoms with Gasteiger partial charge in [-0.15, -0.1) is 0 Å². The molecule has 0 atom stereocenters. The quantitative estimate of drug-likeness (QED) is 0.623. The molecule has 1 aromatic carbocycles. The maximum atomic E-state index is 10.8. The van der Waals surface area contributed by atoms with E-state index in [1.807, 2.05) is 6.07 Å². The zero-order chi connectivity index (χ0) is 13.2. The minimum atomic E-state index is -0.399. The van der Waals surface area contributed by atoms with Gasteiger partial charge < -0.3 is 10.4 Å². The van der Waals surface area contributed by atoms with Gasteiger partial charge in [-0.1, -0.05) is 12.1 Å². The van der Waals surface area contributed by atoms with Crippen molar-refractivity contribution in [2.75, 3.05) is 13.2 Å². The van der Waals surface area contributed by atoms with Crippen LogP contribution < -0.4 is 5.32 Å². The summed E-state index contributed by atoms with van der Waals surface area (Å²) in [4.78, 5) is 10.4. The van der Waals surface area contributed by atoms with Gasteiger partial charge in [-0.25, -0.2) is 0 Å². The van der Waals surface area contributed by atoms with E-state index in [0.29, 0.717) is 11.0 Å². The highest BCUT2D eigenvalue weighted by Gasteiger charge is 2.41. The summed E-state index contributed by atoms with van der Waals surface area (Å²) in [7, 11) is 0. The van der Waals surface area contributed by atoms with Crippen LogP contribution in [0.3, 0.4) is 0 Å². The number of nitro benzene ring substituents is 1. The number of hydrogen-bond donors (Lipinski definition) is 2. The topological polar surface area (TPSA) is 75.4 Å². The Labute approximate surface area is 113 Å². The van der Waals surface area contributed by atoms with E-state index in [1.165, 1.54) is 6.07 Å². The molecular formula is C12H15BrN2O3. The molecule has 1 aromatic rings. The lowest BCUT2D eigenvalue weighted by Crippen LogP contribution is -2.26. The number of aliphatic hydroxyl groups is 1. The van der Waals surface area contributed by atoms with Gasteiger partial charge in [0.2, 0.25) is 0 Å². The lowest BCUT2D eigenvalue weighted by molar-refractivity contribution is -0.385. The maximum Gasteiger partial charge on any atom is 0.283 e. The molecule has 1 aliphatic carbocycles. The molecule has 98 valence electrons. The van der Waals surface area contributed by atoms with Crippen LogP contribution in [0, 0.1) is 15.5 Å². The predicted molar refractivity (Wildman–Crippen MR) is 71.3 cm³/mol. The molecule has 18 heavy (non-hydrogen) atoms. The number of nitrogens with one attached hydrogen (secondary N) is 1. The van der Waals surface area contributed by atoms with Crippen LogP contribution in [0.1, 0.15) is 18.4 Å². The Balaban J connectivity index is 1.97. The van der Waals surface area contributed by atoms with Gasteiger partial charge >= 0.3 is 0 Å². The molecule has 0 unspecified atom stereocenters. The first kappa shape index (κ1) is 13.5. The Kier molecular flexibility index (Phi) is 3.99. The van der Waals surface area contributed by atoms with Gasteiger partial charge in [0.25, 0.3) is 5.69 Å². The van der Waals surface area contributed by atoms with Crippen molar-refractivity contribution in [2.45, 2.75) is 19.4 Å². The van der Waals surface area contributed by atoms with E-state index in [1.54, 1.807) is 6.07 Å². The van der Waals surface area contributed by atoms with Gasteiger partial charge in [0.15, 0.2) is 0 Å². The molecule has 1 saturated carbocycles. The van der Waals surface area contributed by atoms with Gasteiger partial charge in [0, 0.05) is 31.2 Å². The lowest BCUT2D eigenvalue weighted by Gasteiger charge is -2.13. The molecule has 0 aliphatic heterocycles. The van der Waals surface area contributed by atoms with Gasteiger partial charge in [0.1, 0.15) is 0 Å². The van der Waals surface area contributed by atoms with Crippen molar-refractivity contribution in [3.8, 4) is 0 Å². The summed E-state index contributed by atoms with van der Waals surface area (Å²) in [5.41, 5.74) is 0.989. The molecule has 0 bridgehead atoms. The van der Waals surface area contributed by atoms with Crippen molar-refractivity contribution in [1.82, 2.24) is 5.32 Å². The summed E-state index contributed by atoms with van der Waals surface area (Å²) in [5, 5.41) is 23.2. The SMILES string of the molecule is O=[N+]([O-])c1cccc(CNCC2(CO)CC2)c1Br. The number of hydrogen-bond acceptors (Lipinski definition) is 4. The number of aliphatic hydroxyl groups excluding tert-OH is 1. The molecular weight excluding hydrogens is 300 g/mol. The van der Waals surface area contributed by atoms with Crippen LogP contribution in [0.15, 0.2) is 22.7 Å². The van der Waals surface area contributed by atoms with Crippen LogP contribution >= 0.6 is 15.9 Å². The lowest BCUT2D eigenvalue weighted by atomic mass is 10.1. The highest BCUT2D eigenvalue weighted by Crippen LogP contribution is 2.44. The zero-order valence-electron chi connectivity index (χ0n) is 9.86. The number of halogens is 1. The third-order valence-corrected chi connectivity index (χ3v) is 4.28. The number of rotatable bonds is 6. The summed E-state index contributed by atoms with van der Waals surface area (Å²) in [6.07, 6.45) is 2.10. The largest absolute Gasteiger partial charge is 0.396 e. The van der Waals surface area contributed by atoms with E-state index in [-0.39, 0.29) is 17.7 Å². The second kappa shape index (κ2) is 5.34. The van der Waals surface area contributed by atoms with Crippen molar-refractivity contribution < 1.29 is 10.0 Å². The van der Waals surface area contributed by atoms with Crippen LogP contribution in [0.5, 0.6) is 0 Å². The van der Waals surface area contributed by atoms with Gasteiger partial charge in [-0.3, -0.25) is 10.1 Å². The Morgan fingerprint density at radius 3 is 2.78 bits per heavy atom. The Hall–Kier alpha value is -0.980. The van der Waals surface area contributed by atoms with Gasteiger partial charge in [0.05, 0.1) is 9.40 Å². The number of nitrogens with zero attached hydrogens (tertiary/aromatic N) is 1. The molecule has 0 spiro atoms. The molecule has 0 radical (unpaired) electrons. The molecule has 0 aromatic heterocycles. The Morgan fingerprint density at radius 1 is 1.50 bits per heavy atom. The first-order valence-electron chi connectivity index (χ1n) is 5.81. The normalized spacial score (nSPS) is 16.6. The second-order valence-electron chi connectivity index (χ2n) is 4.77. The van der Waals surface area contributed by atoms with Crippen LogP contribution in [-0.2, 0) is 6.54 Å². The average Bonchev–Trinajstić information content (AvgIpc) is 3.12. The van der Waals surface area contributed by atoms with Crippen molar-refractivity contribution in [3.63, 3.8) is 0 Å². The zero-order valence-corrected chi connectivity index (χ0v) is 11.4. The molecule has 0 heterocycles. The average molecular weight is 315 g/mol. The Bertz CT molecular complexity index is 461. The fourth-order valence-corrected chi connectivity index (χ4v) is 2.42. The van der Waals surface area contributed by atoms with Gasteiger partial charge in [-0.2, -0.15) is 0 Å². The van der Waals surface area contributed by atoms with Crippen LogP contribution in [0.25, 0.3) is 0 Å². The highest BCUT2D eigenvalue weighted by molar-refractivity contribution is 9.10. The molecule has 6 heteroatoms. The monoisotopic (exact) mass is 314 g/mol. The van der Waals surface area contributed by atoms with Crippen molar-refractivity contribution in [2.24, 2.45) is 5.41 Å². The predicted octanol–water partition coefficient (Wildman–Crippen LogP) is 2.22. The summed E-state index contributed by atoms with van der Waals surface area (Å²) >= 11 is 3.26. The van der Waals surface area contributed by atoms with Gasteiger partial charge in [-0.05, 0) is 34.3 Å². The molecule has 0 amide bonds. The number of nitro groups is 1. The first-order valence-corrected chi connectivity index (χ1v) is 6.61. The van der Waals surface area contributed by atoms with E-state index in [2.05, 4.69) is 21.2 Å². The molecule has 2 rings (SSSR count). The summed E-state index contributed by atoms with van der Waals surface area (Å²) in [5.74, 6) is 0. The fraction of sp³-hybridized carbons (Fsp3) is 0.500. The summed E-state index contributed by atoms with van der Waals surface area (Å²) in [6, 6.07) is 5.01. The summed E-state index contributed by atoms with van der Waals surface area (Å²) < 4.78 is 0.524. The van der Waals surface area contributed by atoms with Crippen LogP contribution in [0.4, 0.5) is 5.69 Å². The maximum absolute atomic E-state index is 10.8.